The quantitative estimate of drug-likeness (QED) is 0.428. The molecule has 140 valence electrons. The number of nitrogens with one attached hydrogen (secondary N) is 1. The van der Waals surface area contributed by atoms with Gasteiger partial charge in [-0.3, -0.25) is 9.59 Å². The Morgan fingerprint density at radius 3 is 2.62 bits per heavy atom. The normalized spacial score (nSPS) is 11.7. The zero-order valence-corrected chi connectivity index (χ0v) is 15.7. The van der Waals surface area contributed by atoms with Crippen molar-refractivity contribution >= 4 is 22.5 Å². The van der Waals surface area contributed by atoms with Gasteiger partial charge in [0.05, 0.1) is 5.52 Å². The average molecular weight is 357 g/mol. The lowest BCUT2D eigenvalue weighted by atomic mass is 10.1. The zero-order valence-electron chi connectivity index (χ0n) is 15.7. The summed E-state index contributed by atoms with van der Waals surface area (Å²) in [6.45, 7) is 6.34. The van der Waals surface area contributed by atoms with E-state index < -0.39 is 11.5 Å². The highest BCUT2D eigenvalue weighted by atomic mass is 16.3. The minimum absolute atomic E-state index is 0.258. The Balaban J connectivity index is 2.49. The molecule has 0 aliphatic heterocycles. The van der Waals surface area contributed by atoms with E-state index in [2.05, 4.69) is 17.5 Å². The molecule has 0 spiro atoms. The maximum absolute atomic E-state index is 12.9. The molecule has 0 aliphatic carbocycles. The van der Waals surface area contributed by atoms with Crippen molar-refractivity contribution in [2.24, 2.45) is 5.10 Å². The lowest BCUT2D eigenvalue weighted by Gasteiger charge is -2.14. The van der Waals surface area contributed by atoms with E-state index in [4.69, 9.17) is 0 Å². The second-order valence-electron chi connectivity index (χ2n) is 6.40. The summed E-state index contributed by atoms with van der Waals surface area (Å²) in [6, 6.07) is 7.09. The van der Waals surface area contributed by atoms with E-state index in [0.29, 0.717) is 23.9 Å². The van der Waals surface area contributed by atoms with Crippen LogP contribution >= 0.6 is 0 Å². The molecule has 1 aromatic carbocycles. The molecule has 26 heavy (non-hydrogen) atoms. The van der Waals surface area contributed by atoms with E-state index in [0.717, 1.165) is 31.4 Å². The number of para-hydroxylation sites is 1. The summed E-state index contributed by atoms with van der Waals surface area (Å²) in [7, 11) is 0. The predicted octanol–water partition coefficient (Wildman–Crippen LogP) is 3.80. The van der Waals surface area contributed by atoms with Crippen LogP contribution < -0.4 is 11.0 Å². The second-order valence-corrected chi connectivity index (χ2v) is 6.40. The Hall–Kier alpha value is -2.63. The van der Waals surface area contributed by atoms with E-state index in [1.165, 1.54) is 0 Å². The number of amides is 1. The van der Waals surface area contributed by atoms with Gasteiger partial charge in [0.25, 0.3) is 11.5 Å². The number of hydrogen-bond acceptors (Lipinski definition) is 4. The van der Waals surface area contributed by atoms with Gasteiger partial charge in [0.1, 0.15) is 11.3 Å². The van der Waals surface area contributed by atoms with Gasteiger partial charge < -0.3 is 9.67 Å². The molecule has 0 fully saturated rings. The molecule has 6 nitrogen and oxygen atoms in total. The number of rotatable bonds is 8. The molecular formula is C20H27N3O3. The smallest absolute Gasteiger partial charge is 0.280 e. The van der Waals surface area contributed by atoms with Crippen LogP contribution in [0.4, 0.5) is 0 Å². The highest BCUT2D eigenvalue weighted by Crippen LogP contribution is 2.26. The van der Waals surface area contributed by atoms with Crippen LogP contribution in [0.2, 0.25) is 0 Å². The number of hydrogen-bond donors (Lipinski definition) is 2. The van der Waals surface area contributed by atoms with E-state index in [1.807, 2.05) is 13.0 Å². The standard InChI is InChI=1S/C20H27N3O3/c1-4-6-7-10-13-23-16-12-9-8-11-15(16)18(24)17(20(23)26)19(25)22-21-14(3)5-2/h8-9,11-12,24H,4-7,10,13H2,1-3H3,(H,22,25)/b21-14-. The van der Waals surface area contributed by atoms with Gasteiger partial charge in [-0.05, 0) is 31.9 Å². The van der Waals surface area contributed by atoms with Gasteiger partial charge in [-0.25, -0.2) is 5.43 Å². The van der Waals surface area contributed by atoms with Gasteiger partial charge in [-0.2, -0.15) is 5.10 Å². The molecular weight excluding hydrogens is 330 g/mol. The summed E-state index contributed by atoms with van der Waals surface area (Å²) in [5, 5.41) is 15.0. The van der Waals surface area contributed by atoms with Crippen LogP contribution in [0, 0.1) is 0 Å². The first-order valence-electron chi connectivity index (χ1n) is 9.19. The van der Waals surface area contributed by atoms with Crippen molar-refractivity contribution in [3.05, 3.63) is 40.2 Å². The first-order chi connectivity index (χ1) is 12.5. The van der Waals surface area contributed by atoms with Crippen LogP contribution in [0.5, 0.6) is 5.75 Å². The van der Waals surface area contributed by atoms with Gasteiger partial charge in [0.2, 0.25) is 0 Å². The Kier molecular flexibility index (Phi) is 6.95. The number of hydrazone groups is 1. The number of aromatic nitrogens is 1. The number of carbonyl (C=O) groups excluding carboxylic acids is 1. The van der Waals surface area contributed by atoms with Gasteiger partial charge in [-0.15, -0.1) is 0 Å². The molecule has 0 unspecified atom stereocenters. The van der Waals surface area contributed by atoms with Gasteiger partial charge in [0, 0.05) is 17.6 Å². The first-order valence-corrected chi connectivity index (χ1v) is 9.19. The van der Waals surface area contributed by atoms with Crippen molar-refractivity contribution in [2.75, 3.05) is 0 Å². The van der Waals surface area contributed by atoms with Gasteiger partial charge in [0.15, 0.2) is 0 Å². The second kappa shape index (κ2) is 9.17. The summed E-state index contributed by atoms with van der Waals surface area (Å²) in [5.41, 5.74) is 3.00. The van der Waals surface area contributed by atoms with Crippen LogP contribution in [0.3, 0.4) is 0 Å². The molecule has 0 bridgehead atoms. The number of aromatic hydroxyl groups is 1. The summed E-state index contributed by atoms with van der Waals surface area (Å²) in [5.74, 6) is -0.981. The third-order valence-electron chi connectivity index (χ3n) is 4.47. The van der Waals surface area contributed by atoms with E-state index in [1.54, 1.807) is 29.7 Å². The largest absolute Gasteiger partial charge is 0.506 e. The highest BCUT2D eigenvalue weighted by Gasteiger charge is 2.21. The predicted molar refractivity (Wildman–Crippen MR) is 105 cm³/mol. The number of aryl methyl sites for hydroxylation is 1. The molecule has 2 aromatic rings. The Labute approximate surface area is 153 Å². The van der Waals surface area contributed by atoms with Gasteiger partial charge >= 0.3 is 0 Å². The van der Waals surface area contributed by atoms with Crippen molar-refractivity contribution in [3.8, 4) is 5.75 Å². The summed E-state index contributed by atoms with van der Waals surface area (Å²) in [6.07, 6.45) is 4.75. The Bertz CT molecular complexity index is 868. The van der Waals surface area contributed by atoms with Crippen molar-refractivity contribution in [2.45, 2.75) is 59.4 Å². The molecule has 1 heterocycles. The Morgan fingerprint density at radius 2 is 1.92 bits per heavy atom. The van der Waals surface area contributed by atoms with E-state index in [-0.39, 0.29) is 11.3 Å². The van der Waals surface area contributed by atoms with Crippen LogP contribution in [0.1, 0.15) is 63.2 Å². The molecule has 2 N–H and O–H groups in total. The maximum atomic E-state index is 12.9. The molecule has 2 rings (SSSR count). The molecule has 0 aliphatic rings. The average Bonchev–Trinajstić information content (AvgIpc) is 2.65. The molecule has 0 saturated heterocycles. The van der Waals surface area contributed by atoms with E-state index >= 15 is 0 Å². The summed E-state index contributed by atoms with van der Waals surface area (Å²) in [4.78, 5) is 25.4. The fourth-order valence-electron chi connectivity index (χ4n) is 2.79. The summed E-state index contributed by atoms with van der Waals surface area (Å²) >= 11 is 0. The molecule has 1 aromatic heterocycles. The number of nitrogens with zero attached hydrogens (tertiary/aromatic N) is 2. The van der Waals surface area contributed by atoms with Crippen molar-refractivity contribution in [1.82, 2.24) is 9.99 Å². The number of fused-ring (bicyclic) bond motifs is 1. The molecule has 0 radical (unpaired) electrons. The van der Waals surface area contributed by atoms with Crippen molar-refractivity contribution in [1.29, 1.82) is 0 Å². The van der Waals surface area contributed by atoms with Crippen LogP contribution in [-0.4, -0.2) is 21.3 Å². The minimum Gasteiger partial charge on any atom is -0.506 e. The van der Waals surface area contributed by atoms with Gasteiger partial charge in [-0.1, -0.05) is 45.2 Å². The molecule has 0 saturated carbocycles. The number of carbonyl (C=O) groups is 1. The zero-order chi connectivity index (χ0) is 19.1. The fraction of sp³-hybridized carbons (Fsp3) is 0.450. The summed E-state index contributed by atoms with van der Waals surface area (Å²) < 4.78 is 1.58. The lowest BCUT2D eigenvalue weighted by molar-refractivity contribution is 0.0950. The Morgan fingerprint density at radius 1 is 1.19 bits per heavy atom. The lowest BCUT2D eigenvalue weighted by Crippen LogP contribution is -2.32. The fourth-order valence-corrected chi connectivity index (χ4v) is 2.79. The maximum Gasteiger partial charge on any atom is 0.280 e. The first kappa shape index (κ1) is 19.7. The third kappa shape index (κ3) is 4.31. The monoisotopic (exact) mass is 357 g/mol. The van der Waals surface area contributed by atoms with Crippen LogP contribution in [0.25, 0.3) is 10.9 Å². The van der Waals surface area contributed by atoms with Crippen LogP contribution in [0.15, 0.2) is 34.2 Å². The van der Waals surface area contributed by atoms with Crippen molar-refractivity contribution in [3.63, 3.8) is 0 Å². The SMILES string of the molecule is CCCCCCn1c(=O)c(C(=O)N/N=C(/C)CC)c(O)c2ccccc21. The third-order valence-corrected chi connectivity index (χ3v) is 4.47. The number of benzene rings is 1. The topological polar surface area (TPSA) is 83.7 Å². The number of unbranched alkanes of at least 4 members (excludes halogenated alkanes) is 3. The van der Waals surface area contributed by atoms with E-state index in [9.17, 15) is 14.7 Å². The number of pyridine rings is 1. The molecule has 0 atom stereocenters. The molecule has 6 heteroatoms. The van der Waals surface area contributed by atoms with Crippen molar-refractivity contribution < 1.29 is 9.90 Å². The molecule has 1 amide bonds. The highest BCUT2D eigenvalue weighted by molar-refractivity contribution is 6.02. The minimum atomic E-state index is -0.687. The van der Waals surface area contributed by atoms with Crippen LogP contribution in [-0.2, 0) is 6.54 Å².